The fourth-order valence-corrected chi connectivity index (χ4v) is 5.72. The molecule has 192 valence electrons. The summed E-state index contributed by atoms with van der Waals surface area (Å²) >= 11 is 0. The number of sulfone groups is 1. The van der Waals surface area contributed by atoms with Gasteiger partial charge in [-0.25, -0.2) is 8.42 Å². The molecular weight excluding hydrogens is 495 g/mol. The highest BCUT2D eigenvalue weighted by Crippen LogP contribution is 2.54. The maximum Gasteiger partial charge on any atom is 0.406 e. The van der Waals surface area contributed by atoms with Crippen molar-refractivity contribution in [3.63, 3.8) is 0 Å². The van der Waals surface area contributed by atoms with E-state index in [-0.39, 0.29) is 28.3 Å². The number of hydrogen-bond donors (Lipinski definition) is 1. The van der Waals surface area contributed by atoms with Gasteiger partial charge in [-0.2, -0.15) is 13.2 Å². The molecule has 1 N–H and O–H groups in total. The summed E-state index contributed by atoms with van der Waals surface area (Å²) < 4.78 is 63.3. The van der Waals surface area contributed by atoms with E-state index in [0.29, 0.717) is 34.7 Å². The van der Waals surface area contributed by atoms with Crippen molar-refractivity contribution in [2.75, 3.05) is 41.0 Å². The molecule has 2 amide bonds. The molecular formula is C25H26F3N3O4S. The minimum Gasteiger partial charge on any atom is -0.371 e. The highest BCUT2D eigenvalue weighted by molar-refractivity contribution is 7.90. The molecule has 7 nitrogen and oxygen atoms in total. The minimum absolute atomic E-state index is 0.111. The smallest absolute Gasteiger partial charge is 0.371 e. The van der Waals surface area contributed by atoms with Crippen LogP contribution in [0.2, 0.25) is 0 Å². The number of halogens is 3. The first-order valence-electron chi connectivity index (χ1n) is 11.7. The molecule has 0 atom stereocenters. The van der Waals surface area contributed by atoms with Crippen LogP contribution in [0.15, 0.2) is 41.3 Å². The van der Waals surface area contributed by atoms with Crippen molar-refractivity contribution >= 4 is 38.7 Å². The molecule has 2 aromatic carbocycles. The highest BCUT2D eigenvalue weighted by Gasteiger charge is 2.44. The molecule has 1 spiro atoms. The third-order valence-electron chi connectivity index (χ3n) is 7.38. The molecule has 0 bridgehead atoms. The number of carbonyl (C=O) groups excluding carboxylic acids is 2. The van der Waals surface area contributed by atoms with Crippen molar-refractivity contribution in [1.82, 2.24) is 0 Å². The van der Waals surface area contributed by atoms with E-state index in [4.69, 9.17) is 0 Å². The SMILES string of the molecule is CS(=O)(=O)c1ccc(C(=O)Nc2ccc3c(c2)N(CC(F)(F)F)C(=O)C3)c(N2CCC3(CC2)CC3)c1. The number of alkyl halides is 3. The number of nitrogens with zero attached hydrogens (tertiary/aromatic N) is 2. The average Bonchev–Trinajstić information content (AvgIpc) is 3.48. The molecule has 1 saturated carbocycles. The lowest BCUT2D eigenvalue weighted by atomic mass is 9.93. The van der Waals surface area contributed by atoms with Crippen LogP contribution in [-0.2, 0) is 21.1 Å². The van der Waals surface area contributed by atoms with E-state index < -0.39 is 34.4 Å². The van der Waals surface area contributed by atoms with Crippen LogP contribution in [0.1, 0.15) is 41.6 Å². The zero-order valence-corrected chi connectivity index (χ0v) is 20.5. The second kappa shape index (κ2) is 8.50. The Bertz CT molecular complexity index is 1340. The highest BCUT2D eigenvalue weighted by atomic mass is 32.2. The molecule has 2 aromatic rings. The topological polar surface area (TPSA) is 86.8 Å². The summed E-state index contributed by atoms with van der Waals surface area (Å²) in [4.78, 5) is 28.3. The Morgan fingerprint density at radius 1 is 1.03 bits per heavy atom. The molecule has 0 aromatic heterocycles. The Kier molecular flexibility index (Phi) is 5.81. The molecule has 1 saturated heterocycles. The summed E-state index contributed by atoms with van der Waals surface area (Å²) in [6.07, 6.45) is 0.775. The van der Waals surface area contributed by atoms with Gasteiger partial charge in [0.1, 0.15) is 6.54 Å². The lowest BCUT2D eigenvalue weighted by Crippen LogP contribution is -2.36. The fourth-order valence-electron chi connectivity index (χ4n) is 5.08. The van der Waals surface area contributed by atoms with Crippen LogP contribution in [0.25, 0.3) is 0 Å². The first-order valence-corrected chi connectivity index (χ1v) is 13.6. The summed E-state index contributed by atoms with van der Waals surface area (Å²) in [7, 11) is -3.50. The van der Waals surface area contributed by atoms with Crippen molar-refractivity contribution in [2.24, 2.45) is 5.41 Å². The molecule has 1 aliphatic carbocycles. The minimum atomic E-state index is -4.56. The normalized spacial score (nSPS) is 18.9. The fraction of sp³-hybridized carbons (Fsp3) is 0.440. The Labute approximate surface area is 207 Å². The van der Waals surface area contributed by atoms with Crippen molar-refractivity contribution in [2.45, 2.75) is 43.2 Å². The third kappa shape index (κ3) is 4.93. The van der Waals surface area contributed by atoms with Gasteiger partial charge in [-0.05, 0) is 67.0 Å². The number of anilines is 3. The predicted octanol–water partition coefficient (Wildman–Crippen LogP) is 4.17. The van der Waals surface area contributed by atoms with Gasteiger partial charge < -0.3 is 15.1 Å². The van der Waals surface area contributed by atoms with Crippen LogP contribution in [-0.4, -0.2) is 52.3 Å². The van der Waals surface area contributed by atoms with Crippen LogP contribution >= 0.6 is 0 Å². The first kappa shape index (κ1) is 24.6. The molecule has 2 fully saturated rings. The quantitative estimate of drug-likeness (QED) is 0.638. The number of amides is 2. The summed E-state index contributed by atoms with van der Waals surface area (Å²) in [6.45, 7) is 0.0193. The molecule has 5 rings (SSSR count). The summed E-state index contributed by atoms with van der Waals surface area (Å²) in [5, 5.41) is 2.72. The zero-order chi connectivity index (χ0) is 25.9. The molecule has 36 heavy (non-hydrogen) atoms. The molecule has 2 aliphatic heterocycles. The first-order chi connectivity index (χ1) is 16.8. The maximum atomic E-state index is 13.3. The number of piperidine rings is 1. The van der Waals surface area contributed by atoms with E-state index in [1.165, 1.54) is 43.2 Å². The maximum absolute atomic E-state index is 13.3. The van der Waals surface area contributed by atoms with Gasteiger partial charge in [0.15, 0.2) is 9.84 Å². The van der Waals surface area contributed by atoms with E-state index in [1.54, 1.807) is 6.07 Å². The van der Waals surface area contributed by atoms with Gasteiger partial charge in [-0.15, -0.1) is 0 Å². The van der Waals surface area contributed by atoms with Crippen molar-refractivity contribution < 1.29 is 31.2 Å². The number of nitrogens with one attached hydrogen (secondary N) is 1. The lowest BCUT2D eigenvalue weighted by Gasteiger charge is -2.35. The van der Waals surface area contributed by atoms with Crippen molar-refractivity contribution in [1.29, 1.82) is 0 Å². The second-order valence-electron chi connectivity index (χ2n) is 10.0. The molecule has 0 unspecified atom stereocenters. The van der Waals surface area contributed by atoms with Crippen molar-refractivity contribution in [3.05, 3.63) is 47.5 Å². The van der Waals surface area contributed by atoms with E-state index in [9.17, 15) is 31.2 Å². The van der Waals surface area contributed by atoms with E-state index in [2.05, 4.69) is 5.32 Å². The van der Waals surface area contributed by atoms with Crippen LogP contribution < -0.4 is 15.1 Å². The molecule has 0 radical (unpaired) electrons. The van der Waals surface area contributed by atoms with Gasteiger partial charge in [-0.3, -0.25) is 9.59 Å². The van der Waals surface area contributed by atoms with Crippen LogP contribution in [0.5, 0.6) is 0 Å². The largest absolute Gasteiger partial charge is 0.406 e. The van der Waals surface area contributed by atoms with Crippen LogP contribution in [0, 0.1) is 5.41 Å². The van der Waals surface area contributed by atoms with Gasteiger partial charge in [0.05, 0.1) is 22.6 Å². The van der Waals surface area contributed by atoms with Crippen molar-refractivity contribution in [3.8, 4) is 0 Å². The van der Waals surface area contributed by atoms with Gasteiger partial charge in [0, 0.05) is 30.7 Å². The summed E-state index contributed by atoms with van der Waals surface area (Å²) in [5.41, 5.74) is 2.00. The molecule has 3 aliphatic rings. The molecule has 11 heteroatoms. The lowest BCUT2D eigenvalue weighted by molar-refractivity contribution is -0.131. The van der Waals surface area contributed by atoms with Gasteiger partial charge in [0.2, 0.25) is 5.91 Å². The average molecular weight is 522 g/mol. The number of hydrogen-bond acceptors (Lipinski definition) is 5. The monoisotopic (exact) mass is 521 g/mol. The summed E-state index contributed by atoms with van der Waals surface area (Å²) in [6, 6.07) is 8.81. The van der Waals surface area contributed by atoms with Gasteiger partial charge >= 0.3 is 6.18 Å². The Morgan fingerprint density at radius 2 is 1.72 bits per heavy atom. The van der Waals surface area contributed by atoms with Crippen LogP contribution in [0.3, 0.4) is 0 Å². The number of rotatable bonds is 5. The van der Waals surface area contributed by atoms with E-state index in [1.807, 2.05) is 4.90 Å². The number of fused-ring (bicyclic) bond motifs is 1. The number of carbonyl (C=O) groups is 2. The standard InChI is InChI=1S/C25H26F3N3O4S/c1-36(34,35)18-4-5-19(21(14-18)30-10-8-24(6-7-24)9-11-30)23(33)29-17-3-2-16-12-22(32)31(20(16)13-17)15-25(26,27)28/h2-5,13-14H,6-12,15H2,1H3,(H,29,33). The third-order valence-corrected chi connectivity index (χ3v) is 8.49. The predicted molar refractivity (Wildman–Crippen MR) is 129 cm³/mol. The summed E-state index contributed by atoms with van der Waals surface area (Å²) in [5.74, 6) is -1.16. The van der Waals surface area contributed by atoms with Gasteiger partial charge in [-0.1, -0.05) is 6.07 Å². The molecule has 2 heterocycles. The Hall–Kier alpha value is -3.08. The van der Waals surface area contributed by atoms with E-state index in [0.717, 1.165) is 19.1 Å². The second-order valence-corrected chi connectivity index (χ2v) is 12.0. The van der Waals surface area contributed by atoms with Gasteiger partial charge in [0.25, 0.3) is 5.91 Å². The zero-order valence-electron chi connectivity index (χ0n) is 19.7. The van der Waals surface area contributed by atoms with Crippen LogP contribution in [0.4, 0.5) is 30.2 Å². The van der Waals surface area contributed by atoms with E-state index >= 15 is 0 Å². The number of benzene rings is 2. The Balaban J connectivity index is 1.42. The Morgan fingerprint density at radius 3 is 2.33 bits per heavy atom.